The third-order valence-electron chi connectivity index (χ3n) is 2.05. The van der Waals surface area contributed by atoms with Gasteiger partial charge in [-0.2, -0.15) is 16.9 Å². The zero-order valence-electron chi connectivity index (χ0n) is 9.40. The Labute approximate surface area is 104 Å². The van der Waals surface area contributed by atoms with Crippen LogP contribution in [0.1, 0.15) is 13.8 Å². The summed E-state index contributed by atoms with van der Waals surface area (Å²) >= 11 is 5.26. The minimum atomic E-state index is 0.443. The molecule has 1 rings (SSSR count). The summed E-state index contributed by atoms with van der Waals surface area (Å²) in [7, 11) is 0. The number of hydrogen-bond acceptors (Lipinski definition) is 3. The largest absolute Gasteiger partial charge is 0.309 e. The highest BCUT2D eigenvalue weighted by Crippen LogP contribution is 2.07. The molecule has 3 nitrogen and oxygen atoms in total. The summed E-state index contributed by atoms with van der Waals surface area (Å²) in [5.74, 6) is 1.15. The van der Waals surface area contributed by atoms with Gasteiger partial charge in [-0.15, -0.1) is 0 Å². The number of nitrogens with one attached hydrogen (secondary N) is 1. The van der Waals surface area contributed by atoms with Crippen molar-refractivity contribution in [2.24, 2.45) is 0 Å². The van der Waals surface area contributed by atoms with E-state index in [4.69, 9.17) is 0 Å². The average Bonchev–Trinajstić information content (AvgIpc) is 2.51. The van der Waals surface area contributed by atoms with Gasteiger partial charge in [0.1, 0.15) is 0 Å². The summed E-state index contributed by atoms with van der Waals surface area (Å²) in [5.41, 5.74) is 0. The maximum Gasteiger partial charge on any atom is 0.0632 e. The number of hydrogen-bond donors (Lipinski definition) is 1. The summed E-state index contributed by atoms with van der Waals surface area (Å²) in [4.78, 5) is 0. The molecule has 15 heavy (non-hydrogen) atoms. The molecule has 0 saturated heterocycles. The molecule has 0 aliphatic rings. The molecule has 5 heteroatoms. The fourth-order valence-electron chi connectivity index (χ4n) is 1.56. The maximum atomic E-state index is 4.23. The summed E-state index contributed by atoms with van der Waals surface area (Å²) in [6.07, 6.45) is 5.95. The molecule has 1 heterocycles. The molecule has 0 amide bonds. The highest BCUT2D eigenvalue weighted by Gasteiger charge is 2.07. The van der Waals surface area contributed by atoms with E-state index in [1.54, 1.807) is 0 Å². The number of halogens is 1. The normalized spacial score (nSPS) is 15.2. The van der Waals surface area contributed by atoms with Crippen molar-refractivity contribution in [2.75, 3.05) is 12.0 Å². The molecule has 1 aromatic heterocycles. The molecule has 0 radical (unpaired) electrons. The van der Waals surface area contributed by atoms with Crippen molar-refractivity contribution in [1.82, 2.24) is 15.1 Å². The van der Waals surface area contributed by atoms with Gasteiger partial charge in [0.25, 0.3) is 0 Å². The number of rotatable bonds is 6. The van der Waals surface area contributed by atoms with Crippen molar-refractivity contribution in [3.8, 4) is 0 Å². The quantitative estimate of drug-likeness (QED) is 0.873. The Bertz CT molecular complexity index is 290. The van der Waals surface area contributed by atoms with Crippen molar-refractivity contribution >= 4 is 27.7 Å². The molecule has 2 unspecified atom stereocenters. The fraction of sp³-hybridized carbons (Fsp3) is 0.700. The summed E-state index contributed by atoms with van der Waals surface area (Å²) < 4.78 is 2.99. The van der Waals surface area contributed by atoms with E-state index in [9.17, 15) is 0 Å². The lowest BCUT2D eigenvalue weighted by atomic mass is 10.3. The van der Waals surface area contributed by atoms with Crippen LogP contribution in [0.5, 0.6) is 0 Å². The highest BCUT2D eigenvalue weighted by atomic mass is 79.9. The second kappa shape index (κ2) is 6.55. The second-order valence-electron chi connectivity index (χ2n) is 3.80. The van der Waals surface area contributed by atoms with E-state index < -0.39 is 0 Å². The first kappa shape index (κ1) is 13.1. The molecule has 0 aliphatic heterocycles. The predicted molar refractivity (Wildman–Crippen MR) is 70.4 cm³/mol. The molecule has 1 N–H and O–H groups in total. The summed E-state index contributed by atoms with van der Waals surface area (Å²) in [6.45, 7) is 5.31. The molecule has 1 aromatic rings. The van der Waals surface area contributed by atoms with E-state index >= 15 is 0 Å². The second-order valence-corrected chi connectivity index (χ2v) is 5.63. The van der Waals surface area contributed by atoms with Crippen LogP contribution in [0.2, 0.25) is 0 Å². The standard InChI is InChI=1S/C10H18BrN3S/c1-8(13-9(2)7-15-3)5-14-6-10(11)4-12-14/h4,6,8-9,13H,5,7H2,1-3H3. The van der Waals surface area contributed by atoms with Gasteiger partial charge in [0, 0.05) is 24.0 Å². The van der Waals surface area contributed by atoms with Crippen LogP contribution in [0.3, 0.4) is 0 Å². The van der Waals surface area contributed by atoms with E-state index in [1.165, 1.54) is 0 Å². The SMILES string of the molecule is CSCC(C)NC(C)Cn1cc(Br)cn1. The number of nitrogens with zero attached hydrogens (tertiary/aromatic N) is 2. The Morgan fingerprint density at radius 1 is 1.53 bits per heavy atom. The van der Waals surface area contributed by atoms with Gasteiger partial charge in [-0.1, -0.05) is 0 Å². The Balaban J connectivity index is 2.32. The van der Waals surface area contributed by atoms with Gasteiger partial charge < -0.3 is 5.32 Å². The van der Waals surface area contributed by atoms with Crippen LogP contribution in [0, 0.1) is 0 Å². The molecular weight excluding hydrogens is 274 g/mol. The van der Waals surface area contributed by atoms with Crippen LogP contribution in [-0.4, -0.2) is 33.9 Å². The van der Waals surface area contributed by atoms with E-state index in [0.717, 1.165) is 16.8 Å². The molecule has 0 bridgehead atoms. The first-order chi connectivity index (χ1) is 7.11. The van der Waals surface area contributed by atoms with E-state index in [2.05, 4.69) is 46.4 Å². The van der Waals surface area contributed by atoms with Crippen LogP contribution in [0.4, 0.5) is 0 Å². The van der Waals surface area contributed by atoms with Gasteiger partial charge in [-0.25, -0.2) is 0 Å². The third kappa shape index (κ3) is 5.04. The Kier molecular flexibility index (Phi) is 5.71. The maximum absolute atomic E-state index is 4.23. The molecule has 0 spiro atoms. The van der Waals surface area contributed by atoms with Crippen molar-refractivity contribution in [1.29, 1.82) is 0 Å². The molecular formula is C10H18BrN3S. The van der Waals surface area contributed by atoms with E-state index in [-0.39, 0.29) is 0 Å². The molecule has 86 valence electrons. The summed E-state index contributed by atoms with van der Waals surface area (Å²) in [6, 6.07) is 0.993. The minimum Gasteiger partial charge on any atom is -0.309 e. The van der Waals surface area contributed by atoms with Crippen molar-refractivity contribution in [2.45, 2.75) is 32.5 Å². The van der Waals surface area contributed by atoms with Crippen LogP contribution < -0.4 is 5.32 Å². The van der Waals surface area contributed by atoms with Gasteiger partial charge in [-0.05, 0) is 36.0 Å². The topological polar surface area (TPSA) is 29.9 Å². The zero-order valence-corrected chi connectivity index (χ0v) is 11.8. The molecule has 0 aromatic carbocycles. The molecule has 0 aliphatic carbocycles. The highest BCUT2D eigenvalue weighted by molar-refractivity contribution is 9.10. The van der Waals surface area contributed by atoms with Gasteiger partial charge >= 0.3 is 0 Å². The van der Waals surface area contributed by atoms with Gasteiger partial charge in [0.2, 0.25) is 0 Å². The van der Waals surface area contributed by atoms with Crippen molar-refractivity contribution in [3.05, 3.63) is 16.9 Å². The fourth-order valence-corrected chi connectivity index (χ4v) is 2.48. The summed E-state index contributed by atoms with van der Waals surface area (Å²) in [5, 5.41) is 7.78. The first-order valence-corrected chi connectivity index (χ1v) is 7.23. The lowest BCUT2D eigenvalue weighted by Gasteiger charge is -2.19. The number of aromatic nitrogens is 2. The van der Waals surface area contributed by atoms with Crippen LogP contribution in [-0.2, 0) is 6.54 Å². The van der Waals surface area contributed by atoms with Crippen LogP contribution in [0.15, 0.2) is 16.9 Å². The van der Waals surface area contributed by atoms with E-state index in [1.807, 2.05) is 28.8 Å². The van der Waals surface area contributed by atoms with Gasteiger partial charge in [0.15, 0.2) is 0 Å². The van der Waals surface area contributed by atoms with E-state index in [0.29, 0.717) is 12.1 Å². The smallest absolute Gasteiger partial charge is 0.0632 e. The molecule has 0 fully saturated rings. The Morgan fingerprint density at radius 3 is 2.80 bits per heavy atom. The van der Waals surface area contributed by atoms with Gasteiger partial charge in [-0.3, -0.25) is 4.68 Å². The Morgan fingerprint density at radius 2 is 2.27 bits per heavy atom. The van der Waals surface area contributed by atoms with Crippen molar-refractivity contribution in [3.63, 3.8) is 0 Å². The monoisotopic (exact) mass is 291 g/mol. The van der Waals surface area contributed by atoms with Crippen molar-refractivity contribution < 1.29 is 0 Å². The minimum absolute atomic E-state index is 0.443. The zero-order chi connectivity index (χ0) is 11.3. The average molecular weight is 292 g/mol. The van der Waals surface area contributed by atoms with Crippen LogP contribution >= 0.6 is 27.7 Å². The number of thioether (sulfide) groups is 1. The molecule has 0 saturated carbocycles. The molecule has 2 atom stereocenters. The predicted octanol–water partition coefficient (Wildman–Crippen LogP) is 2.38. The first-order valence-electron chi connectivity index (χ1n) is 5.04. The third-order valence-corrected chi connectivity index (χ3v) is 3.29. The Hall–Kier alpha value is -0.0000000000000000555. The lowest BCUT2D eigenvalue weighted by Crippen LogP contribution is -2.38. The van der Waals surface area contributed by atoms with Crippen LogP contribution in [0.25, 0.3) is 0 Å². The van der Waals surface area contributed by atoms with Gasteiger partial charge in [0.05, 0.1) is 17.2 Å². The lowest BCUT2D eigenvalue weighted by molar-refractivity contribution is 0.422.